The summed E-state index contributed by atoms with van der Waals surface area (Å²) in [5.74, 6) is 0. The molecule has 0 aromatic rings. The average molecular weight is 701 g/mol. The fourth-order valence-corrected chi connectivity index (χ4v) is 12.7. The summed E-state index contributed by atoms with van der Waals surface area (Å²) in [7, 11) is -11.8. The van der Waals surface area contributed by atoms with Gasteiger partial charge in [-0.15, -0.1) is 0 Å². The third kappa shape index (κ3) is 21.8. The summed E-state index contributed by atoms with van der Waals surface area (Å²) in [6, 6.07) is 0. The van der Waals surface area contributed by atoms with Gasteiger partial charge in [-0.05, 0) is 51.4 Å². The molecule has 0 saturated carbocycles. The smallest absolute Gasteiger partial charge is 0.352 e. The SMILES string of the molecule is CCCCO[Si](OCCCC)(OCCCC)O[Si](OCCCC)(OCCCC)O[Si](OCCCC)(OCCCC)OCCCC. The third-order valence-electron chi connectivity index (χ3n) is 6.71. The molecule has 0 fully saturated rings. The molecule has 272 valence electrons. The van der Waals surface area contributed by atoms with Crippen LogP contribution in [0.4, 0.5) is 0 Å². The van der Waals surface area contributed by atoms with Gasteiger partial charge in [0.25, 0.3) is 0 Å². The predicted molar refractivity (Wildman–Crippen MR) is 186 cm³/mol. The van der Waals surface area contributed by atoms with E-state index < -0.39 is 27.1 Å². The van der Waals surface area contributed by atoms with Crippen LogP contribution in [-0.2, 0) is 43.6 Å². The van der Waals surface area contributed by atoms with Crippen molar-refractivity contribution in [3.63, 3.8) is 0 Å². The normalized spacial score (nSPS) is 12.8. The molecule has 0 rings (SSSR count). The molecule has 0 radical (unpaired) electrons. The van der Waals surface area contributed by atoms with E-state index in [1.807, 2.05) is 0 Å². The fraction of sp³-hybridized carbons (Fsp3) is 1.00. The molecule has 0 heterocycles. The number of rotatable bonds is 36. The van der Waals surface area contributed by atoms with Crippen LogP contribution in [0.25, 0.3) is 0 Å². The second kappa shape index (κ2) is 30.3. The largest absolute Gasteiger partial charge is 0.673 e. The van der Waals surface area contributed by atoms with E-state index in [1.165, 1.54) is 0 Å². The van der Waals surface area contributed by atoms with E-state index in [2.05, 4.69) is 55.4 Å². The molecule has 0 amide bonds. The summed E-state index contributed by atoms with van der Waals surface area (Å²) < 4.78 is 66.2. The third-order valence-corrected chi connectivity index (χ3v) is 15.2. The van der Waals surface area contributed by atoms with Crippen molar-refractivity contribution >= 4 is 27.1 Å². The first kappa shape index (κ1) is 45.3. The summed E-state index contributed by atoms with van der Waals surface area (Å²) in [5, 5.41) is 0. The van der Waals surface area contributed by atoms with E-state index in [0.717, 1.165) is 103 Å². The molecule has 0 N–H and O–H groups in total. The Bertz CT molecular complexity index is 531. The topological polar surface area (TPSA) is 92.3 Å². The van der Waals surface area contributed by atoms with Crippen molar-refractivity contribution in [3.8, 4) is 0 Å². The van der Waals surface area contributed by atoms with Crippen molar-refractivity contribution in [1.82, 2.24) is 0 Å². The van der Waals surface area contributed by atoms with Crippen LogP contribution in [0.5, 0.6) is 0 Å². The molecular weight excluding hydrogens is 629 g/mol. The highest BCUT2D eigenvalue weighted by molar-refractivity contribution is 6.74. The van der Waals surface area contributed by atoms with E-state index in [4.69, 9.17) is 43.6 Å². The van der Waals surface area contributed by atoms with Gasteiger partial charge >= 0.3 is 27.1 Å². The van der Waals surface area contributed by atoms with Crippen molar-refractivity contribution in [2.24, 2.45) is 0 Å². The monoisotopic (exact) mass is 700 g/mol. The second-order valence-electron chi connectivity index (χ2n) is 11.3. The van der Waals surface area contributed by atoms with Crippen molar-refractivity contribution in [2.45, 2.75) is 158 Å². The van der Waals surface area contributed by atoms with Gasteiger partial charge in [0, 0.05) is 52.9 Å². The van der Waals surface area contributed by atoms with Gasteiger partial charge in [-0.25, -0.2) is 0 Å². The van der Waals surface area contributed by atoms with E-state index in [9.17, 15) is 0 Å². The Kier molecular flexibility index (Phi) is 30.5. The predicted octanol–water partition coefficient (Wildman–Crippen LogP) is 8.86. The lowest BCUT2D eigenvalue weighted by molar-refractivity contribution is -0.0837. The van der Waals surface area contributed by atoms with Gasteiger partial charge in [0.15, 0.2) is 0 Å². The molecule has 0 saturated heterocycles. The molecule has 0 aromatic carbocycles. The van der Waals surface area contributed by atoms with Gasteiger partial charge < -0.3 is 43.6 Å². The van der Waals surface area contributed by atoms with E-state index in [-0.39, 0.29) is 0 Å². The first-order valence-corrected chi connectivity index (χ1v) is 23.3. The zero-order chi connectivity index (χ0) is 33.5. The summed E-state index contributed by atoms with van der Waals surface area (Å²) in [6.07, 6.45) is 14.3. The summed E-state index contributed by atoms with van der Waals surface area (Å²) in [6.45, 7) is 20.4. The lowest BCUT2D eigenvalue weighted by Crippen LogP contribution is -2.68. The Hall–Kier alpha value is 0.251. The molecule has 0 unspecified atom stereocenters. The van der Waals surface area contributed by atoms with Crippen LogP contribution in [0.1, 0.15) is 158 Å². The van der Waals surface area contributed by atoms with Crippen LogP contribution in [0.2, 0.25) is 0 Å². The first-order chi connectivity index (χ1) is 21.9. The highest BCUT2D eigenvalue weighted by Crippen LogP contribution is 2.29. The van der Waals surface area contributed by atoms with Crippen LogP contribution < -0.4 is 0 Å². The maximum atomic E-state index is 6.97. The van der Waals surface area contributed by atoms with Gasteiger partial charge in [0.1, 0.15) is 0 Å². The van der Waals surface area contributed by atoms with E-state index in [0.29, 0.717) is 52.9 Å². The van der Waals surface area contributed by atoms with Crippen LogP contribution in [-0.4, -0.2) is 80.0 Å². The van der Waals surface area contributed by atoms with Crippen molar-refractivity contribution in [2.75, 3.05) is 52.9 Å². The van der Waals surface area contributed by atoms with Gasteiger partial charge in [-0.1, -0.05) is 107 Å². The molecule has 0 atom stereocenters. The zero-order valence-electron chi connectivity index (χ0n) is 30.6. The molecule has 0 spiro atoms. The standard InChI is InChI=1S/C32H72O10Si3/c1-9-17-25-33-43(34-26-18-10-2,35-27-19-11-3)41-45(39-31-23-15-7,40-32-24-16-8)42-44(36-28-20-12-4,37-29-21-13-5)38-30-22-14-6/h9-32H2,1-8H3. The van der Waals surface area contributed by atoms with Crippen LogP contribution in [0, 0.1) is 0 Å². The summed E-state index contributed by atoms with van der Waals surface area (Å²) in [4.78, 5) is 0. The van der Waals surface area contributed by atoms with Crippen molar-refractivity contribution in [1.29, 1.82) is 0 Å². The molecule has 45 heavy (non-hydrogen) atoms. The lowest BCUT2D eigenvalue weighted by atomic mass is 10.4. The average Bonchev–Trinajstić information content (AvgIpc) is 3.02. The fourth-order valence-electron chi connectivity index (χ4n) is 3.65. The molecular formula is C32H72O10Si3. The molecule has 10 nitrogen and oxygen atoms in total. The molecule has 0 aromatic heterocycles. The van der Waals surface area contributed by atoms with Gasteiger partial charge in [-0.3, -0.25) is 0 Å². The van der Waals surface area contributed by atoms with Crippen molar-refractivity contribution in [3.05, 3.63) is 0 Å². The quantitative estimate of drug-likeness (QED) is 0.0466. The second-order valence-corrected chi connectivity index (χ2v) is 18.3. The maximum Gasteiger partial charge on any atom is 0.673 e. The molecule has 0 bridgehead atoms. The minimum absolute atomic E-state index is 0.377. The van der Waals surface area contributed by atoms with Crippen LogP contribution in [0.15, 0.2) is 0 Å². The van der Waals surface area contributed by atoms with Crippen LogP contribution in [0.3, 0.4) is 0 Å². The summed E-state index contributed by atoms with van der Waals surface area (Å²) >= 11 is 0. The zero-order valence-corrected chi connectivity index (χ0v) is 33.6. The number of hydrogen-bond acceptors (Lipinski definition) is 10. The Morgan fingerprint density at radius 1 is 0.244 bits per heavy atom. The molecule has 13 heteroatoms. The Labute approximate surface area is 281 Å². The van der Waals surface area contributed by atoms with Crippen molar-refractivity contribution < 1.29 is 43.6 Å². The Morgan fingerprint density at radius 3 is 0.556 bits per heavy atom. The molecule has 0 aliphatic heterocycles. The first-order valence-electron chi connectivity index (χ1n) is 18.4. The summed E-state index contributed by atoms with van der Waals surface area (Å²) in [5.41, 5.74) is 0. The molecule has 0 aliphatic carbocycles. The Balaban J connectivity index is 7.05. The minimum atomic E-state index is -4.13. The van der Waals surface area contributed by atoms with E-state index in [1.54, 1.807) is 0 Å². The van der Waals surface area contributed by atoms with E-state index >= 15 is 0 Å². The number of hydrogen-bond donors (Lipinski definition) is 0. The van der Waals surface area contributed by atoms with Gasteiger partial charge in [0.05, 0.1) is 0 Å². The van der Waals surface area contributed by atoms with Crippen LogP contribution >= 0.6 is 0 Å². The van der Waals surface area contributed by atoms with Gasteiger partial charge in [-0.2, -0.15) is 0 Å². The lowest BCUT2D eigenvalue weighted by Gasteiger charge is -2.39. The highest BCUT2D eigenvalue weighted by Gasteiger charge is 2.66. The van der Waals surface area contributed by atoms with Gasteiger partial charge in [0.2, 0.25) is 0 Å². The highest BCUT2D eigenvalue weighted by atomic mass is 28.5. The number of unbranched alkanes of at least 4 members (excludes halogenated alkanes) is 8. The Morgan fingerprint density at radius 2 is 0.400 bits per heavy atom. The molecule has 0 aliphatic rings. The minimum Gasteiger partial charge on any atom is -0.352 e. The maximum absolute atomic E-state index is 6.97.